The molecule has 0 unspecified atom stereocenters. The third-order valence-corrected chi connectivity index (χ3v) is 4.25. The fraction of sp³-hybridized carbons (Fsp3) is 0.588. The molecule has 1 saturated carbocycles. The number of nitrogens with one attached hydrogen (secondary N) is 1. The van der Waals surface area contributed by atoms with Gasteiger partial charge in [0.2, 0.25) is 0 Å². The van der Waals surface area contributed by atoms with Crippen molar-refractivity contribution < 1.29 is 4.79 Å². The van der Waals surface area contributed by atoms with E-state index in [4.69, 9.17) is 5.73 Å². The zero-order chi connectivity index (χ0) is 14.2. The van der Waals surface area contributed by atoms with Gasteiger partial charge in [0.25, 0.3) is 5.91 Å². The molecule has 0 spiro atoms. The SMILES string of the molecule is NCc1ccc(C(=O)NCCCC2CCCCC2)cc1. The topological polar surface area (TPSA) is 55.1 Å². The average Bonchev–Trinajstić information content (AvgIpc) is 2.52. The normalized spacial score (nSPS) is 16.1. The number of amides is 1. The van der Waals surface area contributed by atoms with Crippen LogP contribution in [0.3, 0.4) is 0 Å². The molecule has 1 aliphatic rings. The molecule has 1 aliphatic carbocycles. The quantitative estimate of drug-likeness (QED) is 0.782. The van der Waals surface area contributed by atoms with Crippen LogP contribution in [-0.2, 0) is 6.54 Å². The van der Waals surface area contributed by atoms with Crippen molar-refractivity contribution >= 4 is 5.91 Å². The van der Waals surface area contributed by atoms with E-state index in [-0.39, 0.29) is 5.91 Å². The summed E-state index contributed by atoms with van der Waals surface area (Å²) in [4.78, 5) is 12.0. The summed E-state index contributed by atoms with van der Waals surface area (Å²) in [5.41, 5.74) is 7.32. The second kappa shape index (κ2) is 8.05. The Bertz CT molecular complexity index is 408. The van der Waals surface area contributed by atoms with Crippen molar-refractivity contribution in [1.82, 2.24) is 5.32 Å². The molecule has 0 bridgehead atoms. The van der Waals surface area contributed by atoms with Crippen molar-refractivity contribution in [2.24, 2.45) is 11.7 Å². The molecule has 1 aromatic carbocycles. The highest BCUT2D eigenvalue weighted by Gasteiger charge is 2.12. The molecule has 1 aromatic rings. The Hall–Kier alpha value is -1.35. The highest BCUT2D eigenvalue weighted by Crippen LogP contribution is 2.26. The molecule has 20 heavy (non-hydrogen) atoms. The van der Waals surface area contributed by atoms with Crippen LogP contribution in [0.15, 0.2) is 24.3 Å². The largest absolute Gasteiger partial charge is 0.352 e. The van der Waals surface area contributed by atoms with Crippen LogP contribution in [-0.4, -0.2) is 12.5 Å². The van der Waals surface area contributed by atoms with Gasteiger partial charge >= 0.3 is 0 Å². The van der Waals surface area contributed by atoms with E-state index in [1.165, 1.54) is 38.5 Å². The summed E-state index contributed by atoms with van der Waals surface area (Å²) in [5.74, 6) is 0.918. The molecule has 1 fully saturated rings. The van der Waals surface area contributed by atoms with Crippen molar-refractivity contribution in [3.8, 4) is 0 Å². The molecule has 0 heterocycles. The second-order valence-electron chi connectivity index (χ2n) is 5.80. The van der Waals surface area contributed by atoms with Gasteiger partial charge in [0, 0.05) is 18.7 Å². The first-order chi connectivity index (χ1) is 9.79. The minimum atomic E-state index is 0.0252. The minimum absolute atomic E-state index is 0.0252. The van der Waals surface area contributed by atoms with Gasteiger partial charge in [0.15, 0.2) is 0 Å². The standard InChI is InChI=1S/C17H26N2O/c18-13-15-8-10-16(11-9-15)17(20)19-12-4-7-14-5-2-1-3-6-14/h8-11,14H,1-7,12-13,18H2,(H,19,20). The van der Waals surface area contributed by atoms with Crippen LogP contribution >= 0.6 is 0 Å². The zero-order valence-corrected chi connectivity index (χ0v) is 12.2. The van der Waals surface area contributed by atoms with Crippen molar-refractivity contribution in [3.05, 3.63) is 35.4 Å². The van der Waals surface area contributed by atoms with Crippen molar-refractivity contribution in [3.63, 3.8) is 0 Å². The van der Waals surface area contributed by atoms with Gasteiger partial charge in [-0.25, -0.2) is 0 Å². The first-order valence-electron chi connectivity index (χ1n) is 7.87. The smallest absolute Gasteiger partial charge is 0.251 e. The lowest BCUT2D eigenvalue weighted by Crippen LogP contribution is -2.25. The summed E-state index contributed by atoms with van der Waals surface area (Å²) < 4.78 is 0. The van der Waals surface area contributed by atoms with Gasteiger partial charge in [-0.1, -0.05) is 44.2 Å². The molecular weight excluding hydrogens is 248 g/mol. The highest BCUT2D eigenvalue weighted by molar-refractivity contribution is 5.94. The summed E-state index contributed by atoms with van der Waals surface area (Å²) >= 11 is 0. The molecule has 0 radical (unpaired) electrons. The molecule has 3 nitrogen and oxygen atoms in total. The molecule has 3 N–H and O–H groups in total. The Morgan fingerprint density at radius 1 is 1.15 bits per heavy atom. The molecule has 2 rings (SSSR count). The van der Waals surface area contributed by atoms with Crippen LogP contribution in [0.2, 0.25) is 0 Å². The lowest BCUT2D eigenvalue weighted by molar-refractivity contribution is 0.0952. The average molecular weight is 274 g/mol. The molecule has 1 amide bonds. The Morgan fingerprint density at radius 3 is 2.50 bits per heavy atom. The summed E-state index contributed by atoms with van der Waals surface area (Å²) in [6.45, 7) is 1.30. The first-order valence-corrected chi connectivity index (χ1v) is 7.87. The maximum atomic E-state index is 12.0. The van der Waals surface area contributed by atoms with E-state index in [0.29, 0.717) is 6.54 Å². The zero-order valence-electron chi connectivity index (χ0n) is 12.2. The van der Waals surface area contributed by atoms with E-state index in [1.807, 2.05) is 24.3 Å². The summed E-state index contributed by atoms with van der Waals surface area (Å²) in [5, 5.41) is 3.01. The molecule has 110 valence electrons. The Kier molecular flexibility index (Phi) is 6.06. The Balaban J connectivity index is 1.66. The van der Waals surface area contributed by atoms with E-state index in [0.717, 1.165) is 30.0 Å². The lowest BCUT2D eigenvalue weighted by atomic mass is 9.86. The number of carbonyl (C=O) groups is 1. The van der Waals surface area contributed by atoms with Gasteiger partial charge < -0.3 is 11.1 Å². The molecule has 0 aromatic heterocycles. The van der Waals surface area contributed by atoms with Gasteiger partial charge in [-0.2, -0.15) is 0 Å². The summed E-state index contributed by atoms with van der Waals surface area (Å²) in [6, 6.07) is 7.52. The number of hydrogen-bond donors (Lipinski definition) is 2. The predicted octanol–water partition coefficient (Wildman–Crippen LogP) is 3.24. The molecular formula is C17H26N2O. The lowest BCUT2D eigenvalue weighted by Gasteiger charge is -2.21. The summed E-state index contributed by atoms with van der Waals surface area (Å²) in [6.07, 6.45) is 9.31. The van der Waals surface area contributed by atoms with Crippen LogP contribution in [0, 0.1) is 5.92 Å². The molecule has 0 atom stereocenters. The van der Waals surface area contributed by atoms with Crippen LogP contribution in [0.1, 0.15) is 60.9 Å². The van der Waals surface area contributed by atoms with E-state index >= 15 is 0 Å². The van der Waals surface area contributed by atoms with Gasteiger partial charge in [-0.05, 0) is 36.5 Å². The van der Waals surface area contributed by atoms with E-state index in [1.54, 1.807) is 0 Å². The predicted molar refractivity (Wildman–Crippen MR) is 82.5 cm³/mol. The van der Waals surface area contributed by atoms with E-state index < -0.39 is 0 Å². The monoisotopic (exact) mass is 274 g/mol. The van der Waals surface area contributed by atoms with Crippen LogP contribution in [0.25, 0.3) is 0 Å². The summed E-state index contributed by atoms with van der Waals surface area (Å²) in [7, 11) is 0. The maximum Gasteiger partial charge on any atom is 0.251 e. The van der Waals surface area contributed by atoms with Crippen molar-refractivity contribution in [1.29, 1.82) is 0 Å². The van der Waals surface area contributed by atoms with Gasteiger partial charge in [0.1, 0.15) is 0 Å². The maximum absolute atomic E-state index is 12.0. The molecule has 3 heteroatoms. The number of nitrogens with two attached hydrogens (primary N) is 1. The van der Waals surface area contributed by atoms with Crippen LogP contribution in [0.4, 0.5) is 0 Å². The second-order valence-corrected chi connectivity index (χ2v) is 5.80. The molecule has 0 saturated heterocycles. The van der Waals surface area contributed by atoms with Crippen LogP contribution < -0.4 is 11.1 Å². The minimum Gasteiger partial charge on any atom is -0.352 e. The van der Waals surface area contributed by atoms with Gasteiger partial charge in [0.05, 0.1) is 0 Å². The van der Waals surface area contributed by atoms with Crippen molar-refractivity contribution in [2.45, 2.75) is 51.5 Å². The van der Waals surface area contributed by atoms with E-state index in [9.17, 15) is 4.79 Å². The van der Waals surface area contributed by atoms with E-state index in [2.05, 4.69) is 5.32 Å². The number of benzene rings is 1. The number of carbonyl (C=O) groups excluding carboxylic acids is 1. The Morgan fingerprint density at radius 2 is 1.85 bits per heavy atom. The fourth-order valence-corrected chi connectivity index (χ4v) is 2.96. The third-order valence-electron chi connectivity index (χ3n) is 4.25. The molecule has 0 aliphatic heterocycles. The van der Waals surface area contributed by atoms with Gasteiger partial charge in [-0.15, -0.1) is 0 Å². The van der Waals surface area contributed by atoms with Crippen molar-refractivity contribution in [2.75, 3.05) is 6.54 Å². The number of hydrogen-bond acceptors (Lipinski definition) is 2. The first kappa shape index (κ1) is 15.0. The van der Waals surface area contributed by atoms with Gasteiger partial charge in [-0.3, -0.25) is 4.79 Å². The fourth-order valence-electron chi connectivity index (χ4n) is 2.96. The third kappa shape index (κ3) is 4.64. The van der Waals surface area contributed by atoms with Crippen LogP contribution in [0.5, 0.6) is 0 Å². The number of rotatable bonds is 6. The highest BCUT2D eigenvalue weighted by atomic mass is 16.1. The Labute approximate surface area is 121 Å².